The Morgan fingerprint density at radius 2 is 1.90 bits per heavy atom. The molecule has 0 saturated carbocycles. The molecule has 0 radical (unpaired) electrons. The molecule has 8 nitrogen and oxygen atoms in total. The van der Waals surface area contributed by atoms with Gasteiger partial charge in [0, 0.05) is 5.39 Å². The van der Waals surface area contributed by atoms with E-state index in [1.165, 1.54) is 23.4 Å². The second-order valence-electron chi connectivity index (χ2n) is 4.56. The number of benzene rings is 1. The van der Waals surface area contributed by atoms with Crippen molar-refractivity contribution in [1.82, 2.24) is 15.3 Å². The molecule has 2 N–H and O–H groups in total. The standard InChI is InChI=1S/C13H10N4O4/c18-10-4-17(5-11(19)16-10)12-8-2-1-7(13(20)21)3-9(8)14-6-15-12/h1-3,6H,4-5H2,(H,20,21)(H,16,18,19). The molecule has 2 amide bonds. The lowest BCUT2D eigenvalue weighted by Gasteiger charge is -2.27. The van der Waals surface area contributed by atoms with Gasteiger partial charge in [0.05, 0.1) is 24.2 Å². The number of fused-ring (bicyclic) bond motifs is 1. The van der Waals surface area contributed by atoms with Crippen LogP contribution in [0.2, 0.25) is 0 Å². The number of nitrogens with one attached hydrogen (secondary N) is 1. The van der Waals surface area contributed by atoms with Crippen LogP contribution in [-0.2, 0) is 9.59 Å². The van der Waals surface area contributed by atoms with E-state index in [1.807, 2.05) is 0 Å². The first-order valence-corrected chi connectivity index (χ1v) is 6.10. The molecule has 2 heterocycles. The van der Waals surface area contributed by atoms with Crippen LogP contribution >= 0.6 is 0 Å². The topological polar surface area (TPSA) is 112 Å². The van der Waals surface area contributed by atoms with E-state index in [1.54, 1.807) is 6.07 Å². The van der Waals surface area contributed by atoms with Crippen molar-refractivity contribution < 1.29 is 19.5 Å². The van der Waals surface area contributed by atoms with Crippen LogP contribution < -0.4 is 10.2 Å². The van der Waals surface area contributed by atoms with E-state index in [-0.39, 0.29) is 18.7 Å². The average molecular weight is 286 g/mol. The quantitative estimate of drug-likeness (QED) is 0.734. The maximum absolute atomic E-state index is 11.4. The Morgan fingerprint density at radius 1 is 1.19 bits per heavy atom. The smallest absolute Gasteiger partial charge is 0.335 e. The maximum Gasteiger partial charge on any atom is 0.335 e. The molecule has 1 aromatic carbocycles. The first-order chi connectivity index (χ1) is 10.0. The number of anilines is 1. The van der Waals surface area contributed by atoms with Gasteiger partial charge in [-0.25, -0.2) is 14.8 Å². The molecule has 8 heteroatoms. The van der Waals surface area contributed by atoms with E-state index in [0.29, 0.717) is 16.7 Å². The molecule has 1 fully saturated rings. The van der Waals surface area contributed by atoms with Gasteiger partial charge in [-0.2, -0.15) is 0 Å². The lowest BCUT2D eigenvalue weighted by atomic mass is 10.1. The SMILES string of the molecule is O=C1CN(c2ncnc3cc(C(=O)O)ccc23)CC(=O)N1. The number of imide groups is 1. The predicted octanol–water partition coefficient (Wildman–Crippen LogP) is -0.209. The zero-order valence-corrected chi connectivity index (χ0v) is 10.7. The van der Waals surface area contributed by atoms with Gasteiger partial charge in [-0.05, 0) is 18.2 Å². The highest BCUT2D eigenvalue weighted by molar-refractivity contribution is 6.04. The monoisotopic (exact) mass is 286 g/mol. The van der Waals surface area contributed by atoms with Crippen LogP contribution in [0.15, 0.2) is 24.5 Å². The Hall–Kier alpha value is -3.03. The zero-order valence-electron chi connectivity index (χ0n) is 10.7. The highest BCUT2D eigenvalue weighted by atomic mass is 16.4. The Balaban J connectivity index is 2.08. The molecule has 1 saturated heterocycles. The number of aromatic nitrogens is 2. The zero-order chi connectivity index (χ0) is 15.0. The highest BCUT2D eigenvalue weighted by Crippen LogP contribution is 2.24. The maximum atomic E-state index is 11.4. The first-order valence-electron chi connectivity index (χ1n) is 6.10. The number of hydrogen-bond acceptors (Lipinski definition) is 6. The van der Waals surface area contributed by atoms with Gasteiger partial charge in [0.1, 0.15) is 12.1 Å². The number of carbonyl (C=O) groups is 3. The number of aromatic carboxylic acids is 1. The summed E-state index contributed by atoms with van der Waals surface area (Å²) in [6.45, 7) is 0.0249. The summed E-state index contributed by atoms with van der Waals surface area (Å²) < 4.78 is 0. The third-order valence-corrected chi connectivity index (χ3v) is 3.11. The fraction of sp³-hybridized carbons (Fsp3) is 0.154. The molecule has 0 spiro atoms. The van der Waals surface area contributed by atoms with Crippen molar-refractivity contribution in [3.8, 4) is 0 Å². The van der Waals surface area contributed by atoms with Crippen molar-refractivity contribution in [3.63, 3.8) is 0 Å². The summed E-state index contributed by atoms with van der Waals surface area (Å²) in [7, 11) is 0. The Labute approximate surface area is 118 Å². The molecule has 0 atom stereocenters. The molecule has 1 aromatic heterocycles. The second-order valence-corrected chi connectivity index (χ2v) is 4.56. The number of piperazine rings is 1. The first kappa shape index (κ1) is 13.0. The summed E-state index contributed by atoms with van der Waals surface area (Å²) in [5, 5.41) is 11.8. The van der Waals surface area contributed by atoms with Crippen LogP contribution in [0.3, 0.4) is 0 Å². The van der Waals surface area contributed by atoms with Crippen LogP contribution in [-0.4, -0.2) is 45.9 Å². The molecule has 3 rings (SSSR count). The number of rotatable bonds is 2. The Morgan fingerprint density at radius 3 is 2.57 bits per heavy atom. The molecular formula is C13H10N4O4. The van der Waals surface area contributed by atoms with E-state index in [0.717, 1.165) is 0 Å². The minimum absolute atomic E-state index is 0.0124. The molecule has 106 valence electrons. The van der Waals surface area contributed by atoms with Crippen molar-refractivity contribution >= 4 is 34.5 Å². The van der Waals surface area contributed by atoms with E-state index in [4.69, 9.17) is 5.11 Å². The van der Waals surface area contributed by atoms with Crippen molar-refractivity contribution in [2.75, 3.05) is 18.0 Å². The number of nitrogens with zero attached hydrogens (tertiary/aromatic N) is 3. The van der Waals surface area contributed by atoms with Gasteiger partial charge in [0.15, 0.2) is 0 Å². The van der Waals surface area contributed by atoms with Crippen LogP contribution in [0.4, 0.5) is 5.82 Å². The summed E-state index contributed by atoms with van der Waals surface area (Å²) in [4.78, 5) is 43.5. The molecule has 0 unspecified atom stereocenters. The fourth-order valence-electron chi connectivity index (χ4n) is 2.21. The molecule has 1 aliphatic rings. The molecule has 0 bridgehead atoms. The summed E-state index contributed by atoms with van der Waals surface area (Å²) in [6.07, 6.45) is 1.28. The second kappa shape index (κ2) is 4.82. The third-order valence-electron chi connectivity index (χ3n) is 3.11. The average Bonchev–Trinajstić information content (AvgIpc) is 2.45. The number of carboxylic acids is 1. The number of hydrogen-bond donors (Lipinski definition) is 2. The normalized spacial score (nSPS) is 15.1. The third kappa shape index (κ3) is 2.38. The van der Waals surface area contributed by atoms with Crippen molar-refractivity contribution in [3.05, 3.63) is 30.1 Å². The largest absolute Gasteiger partial charge is 0.478 e. The highest BCUT2D eigenvalue weighted by Gasteiger charge is 2.25. The van der Waals surface area contributed by atoms with Gasteiger partial charge >= 0.3 is 5.97 Å². The van der Waals surface area contributed by atoms with Crippen LogP contribution in [0.5, 0.6) is 0 Å². The van der Waals surface area contributed by atoms with Crippen LogP contribution in [0, 0.1) is 0 Å². The minimum Gasteiger partial charge on any atom is -0.478 e. The summed E-state index contributed by atoms with van der Waals surface area (Å²) in [5.41, 5.74) is 0.554. The van der Waals surface area contributed by atoms with E-state index < -0.39 is 17.8 Å². The van der Waals surface area contributed by atoms with Gasteiger partial charge < -0.3 is 10.0 Å². The molecule has 2 aromatic rings. The number of carbonyl (C=O) groups excluding carboxylic acids is 2. The summed E-state index contributed by atoms with van der Waals surface area (Å²) in [5.74, 6) is -1.43. The van der Waals surface area contributed by atoms with Crippen LogP contribution in [0.25, 0.3) is 10.9 Å². The molecule has 0 aliphatic carbocycles. The molecular weight excluding hydrogens is 276 g/mol. The van der Waals surface area contributed by atoms with E-state index >= 15 is 0 Å². The summed E-state index contributed by atoms with van der Waals surface area (Å²) >= 11 is 0. The van der Waals surface area contributed by atoms with Gasteiger partial charge in [-0.15, -0.1) is 0 Å². The van der Waals surface area contributed by atoms with Crippen molar-refractivity contribution in [2.45, 2.75) is 0 Å². The van der Waals surface area contributed by atoms with Crippen LogP contribution in [0.1, 0.15) is 10.4 Å². The van der Waals surface area contributed by atoms with Gasteiger partial charge in [-0.3, -0.25) is 14.9 Å². The van der Waals surface area contributed by atoms with E-state index in [9.17, 15) is 14.4 Å². The lowest BCUT2D eigenvalue weighted by molar-refractivity contribution is -0.130. The minimum atomic E-state index is -1.05. The van der Waals surface area contributed by atoms with Gasteiger partial charge in [0.25, 0.3) is 0 Å². The van der Waals surface area contributed by atoms with Gasteiger partial charge in [-0.1, -0.05) is 0 Å². The number of amides is 2. The lowest BCUT2D eigenvalue weighted by Crippen LogP contribution is -2.51. The summed E-state index contributed by atoms with van der Waals surface area (Å²) in [6, 6.07) is 4.43. The molecule has 21 heavy (non-hydrogen) atoms. The van der Waals surface area contributed by atoms with Gasteiger partial charge in [0.2, 0.25) is 11.8 Å². The predicted molar refractivity (Wildman–Crippen MR) is 71.9 cm³/mol. The van der Waals surface area contributed by atoms with Crippen molar-refractivity contribution in [1.29, 1.82) is 0 Å². The number of carboxylic acid groups (broad SMARTS) is 1. The Bertz CT molecular complexity index is 758. The van der Waals surface area contributed by atoms with Crippen molar-refractivity contribution in [2.24, 2.45) is 0 Å². The Kier molecular flexibility index (Phi) is 2.98. The van der Waals surface area contributed by atoms with E-state index in [2.05, 4.69) is 15.3 Å². The fourth-order valence-corrected chi connectivity index (χ4v) is 2.21. The molecule has 1 aliphatic heterocycles.